The highest BCUT2D eigenvalue weighted by Crippen LogP contribution is 2.26. The third-order valence-electron chi connectivity index (χ3n) is 3.72. The van der Waals surface area contributed by atoms with Crippen molar-refractivity contribution in [1.82, 2.24) is 15.5 Å². The third-order valence-corrected chi connectivity index (χ3v) is 6.12. The maximum atomic E-state index is 12.0. The second kappa shape index (κ2) is 8.81. The first-order chi connectivity index (χ1) is 12.1. The number of nitrogens with one attached hydrogen (secondary N) is 2. The maximum Gasteiger partial charge on any atom is 0.293 e. The van der Waals surface area contributed by atoms with E-state index in [0.717, 1.165) is 12.8 Å². The van der Waals surface area contributed by atoms with Crippen LogP contribution in [0.15, 0.2) is 25.6 Å². The summed E-state index contributed by atoms with van der Waals surface area (Å²) in [5, 5.41) is 13.9. The van der Waals surface area contributed by atoms with Gasteiger partial charge in [-0.3, -0.25) is 14.9 Å². The molecular formula is C15H17BrN4O3S2. The lowest BCUT2D eigenvalue weighted by atomic mass is 9.95. The molecule has 134 valence electrons. The molecule has 2 aromatic rings. The Bertz CT molecular complexity index is 743. The number of nitrogens with zero attached hydrogens (tertiary/aromatic N) is 2. The monoisotopic (exact) mass is 444 g/mol. The van der Waals surface area contributed by atoms with Gasteiger partial charge in [0, 0.05) is 6.04 Å². The van der Waals surface area contributed by atoms with E-state index in [0.29, 0.717) is 25.9 Å². The van der Waals surface area contributed by atoms with Gasteiger partial charge in [-0.05, 0) is 40.9 Å². The molecule has 7 nitrogen and oxygen atoms in total. The van der Waals surface area contributed by atoms with Crippen LogP contribution in [0.5, 0.6) is 0 Å². The van der Waals surface area contributed by atoms with Crippen LogP contribution in [0.25, 0.3) is 0 Å². The summed E-state index contributed by atoms with van der Waals surface area (Å²) in [4.78, 5) is 24.0. The van der Waals surface area contributed by atoms with Gasteiger partial charge in [0.1, 0.15) is 0 Å². The molecule has 0 aliphatic heterocycles. The second-order valence-electron chi connectivity index (χ2n) is 5.62. The average Bonchev–Trinajstić information content (AvgIpc) is 3.23. The van der Waals surface area contributed by atoms with Crippen molar-refractivity contribution in [3.63, 3.8) is 0 Å². The van der Waals surface area contributed by atoms with Gasteiger partial charge in [0.2, 0.25) is 11.0 Å². The maximum absolute atomic E-state index is 12.0. The Morgan fingerprint density at radius 2 is 2.08 bits per heavy atom. The fraction of sp³-hybridized carbons (Fsp3) is 0.467. The summed E-state index contributed by atoms with van der Waals surface area (Å²) in [7, 11) is 0. The normalized spacial score (nSPS) is 15.1. The molecule has 0 aromatic carbocycles. The van der Waals surface area contributed by atoms with Gasteiger partial charge in [-0.15, -0.1) is 10.2 Å². The molecule has 0 spiro atoms. The van der Waals surface area contributed by atoms with Crippen molar-refractivity contribution in [2.75, 3.05) is 11.1 Å². The van der Waals surface area contributed by atoms with Crippen molar-refractivity contribution in [3.8, 4) is 0 Å². The van der Waals surface area contributed by atoms with Gasteiger partial charge in [0.15, 0.2) is 14.8 Å². The van der Waals surface area contributed by atoms with Crippen molar-refractivity contribution in [2.45, 2.75) is 42.5 Å². The predicted octanol–water partition coefficient (Wildman–Crippen LogP) is 3.69. The highest BCUT2D eigenvalue weighted by Gasteiger charge is 2.17. The number of thioether (sulfide) groups is 1. The molecule has 0 bridgehead atoms. The number of amides is 2. The van der Waals surface area contributed by atoms with Crippen LogP contribution in [0.3, 0.4) is 0 Å². The molecular weight excluding hydrogens is 428 g/mol. The fourth-order valence-electron chi connectivity index (χ4n) is 2.56. The van der Waals surface area contributed by atoms with Gasteiger partial charge < -0.3 is 9.73 Å². The Hall–Kier alpha value is -1.39. The average molecular weight is 445 g/mol. The summed E-state index contributed by atoms with van der Waals surface area (Å²) >= 11 is 5.69. The van der Waals surface area contributed by atoms with E-state index >= 15 is 0 Å². The van der Waals surface area contributed by atoms with Crippen molar-refractivity contribution in [1.29, 1.82) is 0 Å². The molecule has 10 heteroatoms. The summed E-state index contributed by atoms with van der Waals surface area (Å²) in [5.41, 5.74) is 0. The lowest BCUT2D eigenvalue weighted by Crippen LogP contribution is -2.37. The van der Waals surface area contributed by atoms with E-state index in [1.165, 1.54) is 42.4 Å². The number of aromatic nitrogens is 2. The Balaban J connectivity index is 1.45. The summed E-state index contributed by atoms with van der Waals surface area (Å²) in [5.74, 6) is 0.0965. The minimum absolute atomic E-state index is 0.0121. The summed E-state index contributed by atoms with van der Waals surface area (Å²) in [6.45, 7) is 0. The SMILES string of the molecule is O=C(CSc1nnc(NC(=O)c2ccc(Br)o2)s1)NC1CCCCC1. The summed E-state index contributed by atoms with van der Waals surface area (Å²) in [6.07, 6.45) is 5.76. The molecule has 0 saturated heterocycles. The molecule has 0 radical (unpaired) electrons. The van der Waals surface area contributed by atoms with E-state index in [1.807, 2.05) is 0 Å². The van der Waals surface area contributed by atoms with Crippen molar-refractivity contribution in [3.05, 3.63) is 22.6 Å². The van der Waals surface area contributed by atoms with Gasteiger partial charge >= 0.3 is 0 Å². The first-order valence-corrected chi connectivity index (χ1v) is 10.5. The topological polar surface area (TPSA) is 97.1 Å². The van der Waals surface area contributed by atoms with Crippen LogP contribution < -0.4 is 10.6 Å². The van der Waals surface area contributed by atoms with E-state index in [2.05, 4.69) is 36.8 Å². The van der Waals surface area contributed by atoms with E-state index in [9.17, 15) is 9.59 Å². The van der Waals surface area contributed by atoms with E-state index in [4.69, 9.17) is 4.42 Å². The molecule has 1 fully saturated rings. The molecule has 3 rings (SSSR count). The number of furan rings is 1. The molecule has 2 heterocycles. The summed E-state index contributed by atoms with van der Waals surface area (Å²) in [6, 6.07) is 3.51. The van der Waals surface area contributed by atoms with Gasteiger partial charge in [0.05, 0.1) is 5.75 Å². The Morgan fingerprint density at radius 3 is 2.80 bits per heavy atom. The molecule has 1 aliphatic rings. The fourth-order valence-corrected chi connectivity index (χ4v) is 4.42. The van der Waals surface area contributed by atoms with Crippen LogP contribution in [-0.4, -0.2) is 33.8 Å². The number of anilines is 1. The van der Waals surface area contributed by atoms with E-state index in [1.54, 1.807) is 12.1 Å². The second-order valence-corrected chi connectivity index (χ2v) is 8.60. The molecule has 0 atom stereocenters. The molecule has 2 aromatic heterocycles. The van der Waals surface area contributed by atoms with Crippen LogP contribution in [0.4, 0.5) is 5.13 Å². The smallest absolute Gasteiger partial charge is 0.293 e. The molecule has 0 unspecified atom stereocenters. The third kappa shape index (κ3) is 5.55. The first-order valence-electron chi connectivity index (χ1n) is 7.92. The van der Waals surface area contributed by atoms with Gasteiger partial charge in [-0.25, -0.2) is 0 Å². The van der Waals surface area contributed by atoms with E-state index in [-0.39, 0.29) is 11.7 Å². The zero-order valence-corrected chi connectivity index (χ0v) is 16.5. The van der Waals surface area contributed by atoms with Crippen LogP contribution in [0.2, 0.25) is 0 Å². The van der Waals surface area contributed by atoms with Crippen molar-refractivity contribution < 1.29 is 14.0 Å². The van der Waals surface area contributed by atoms with Crippen molar-refractivity contribution in [2.24, 2.45) is 0 Å². The molecule has 1 aliphatic carbocycles. The van der Waals surface area contributed by atoms with Gasteiger partial charge in [-0.1, -0.05) is 42.4 Å². The van der Waals surface area contributed by atoms with E-state index < -0.39 is 5.91 Å². The number of hydrogen-bond acceptors (Lipinski definition) is 7. The van der Waals surface area contributed by atoms with Gasteiger partial charge in [-0.2, -0.15) is 0 Å². The first kappa shape index (κ1) is 18.4. The quantitative estimate of drug-likeness (QED) is 0.520. The molecule has 2 amide bonds. The minimum atomic E-state index is -0.395. The van der Waals surface area contributed by atoms with Crippen LogP contribution in [0, 0.1) is 0 Å². The summed E-state index contributed by atoms with van der Waals surface area (Å²) < 4.78 is 6.29. The van der Waals surface area contributed by atoms with Crippen molar-refractivity contribution >= 4 is 56.0 Å². The van der Waals surface area contributed by atoms with Gasteiger partial charge in [0.25, 0.3) is 5.91 Å². The van der Waals surface area contributed by atoms with Crippen LogP contribution >= 0.6 is 39.0 Å². The lowest BCUT2D eigenvalue weighted by molar-refractivity contribution is -0.119. The number of carbonyl (C=O) groups is 2. The highest BCUT2D eigenvalue weighted by atomic mass is 79.9. The molecule has 25 heavy (non-hydrogen) atoms. The number of carbonyl (C=O) groups excluding carboxylic acids is 2. The zero-order valence-electron chi connectivity index (χ0n) is 13.3. The minimum Gasteiger partial charge on any atom is -0.444 e. The molecule has 1 saturated carbocycles. The largest absolute Gasteiger partial charge is 0.444 e. The number of rotatable bonds is 6. The van der Waals surface area contributed by atoms with Crippen LogP contribution in [-0.2, 0) is 4.79 Å². The standard InChI is InChI=1S/C15H17BrN4O3S2/c16-11-7-6-10(23-11)13(22)18-14-19-20-15(25-14)24-8-12(21)17-9-4-2-1-3-5-9/h6-7,9H,1-5,8H2,(H,17,21)(H,18,19,22). The molecule has 2 N–H and O–H groups in total. The predicted molar refractivity (Wildman–Crippen MR) is 100 cm³/mol. The highest BCUT2D eigenvalue weighted by molar-refractivity contribution is 9.10. The zero-order chi connectivity index (χ0) is 17.6. The van der Waals surface area contributed by atoms with Crippen LogP contribution in [0.1, 0.15) is 42.7 Å². The Morgan fingerprint density at radius 1 is 1.28 bits per heavy atom. The Labute approximate surface area is 161 Å². The Kier molecular flexibility index (Phi) is 6.49. The lowest BCUT2D eigenvalue weighted by Gasteiger charge is -2.22. The number of hydrogen-bond donors (Lipinski definition) is 2. The number of halogens is 1.